The third kappa shape index (κ3) is 2.64. The van der Waals surface area contributed by atoms with E-state index in [1.54, 1.807) is 24.3 Å². The Bertz CT molecular complexity index is 841. The van der Waals surface area contributed by atoms with Crippen LogP contribution >= 0.6 is 22.9 Å². The maximum Gasteiger partial charge on any atom is 0.257 e. The summed E-state index contributed by atoms with van der Waals surface area (Å²) in [5.74, 6) is -0.208. The molecule has 3 nitrogen and oxygen atoms in total. The van der Waals surface area contributed by atoms with Gasteiger partial charge in [-0.1, -0.05) is 23.7 Å². The summed E-state index contributed by atoms with van der Waals surface area (Å²) in [5, 5.41) is 6.28. The number of hydrogen-bond acceptors (Lipinski definition) is 3. The number of nitrogens with zero attached hydrogens (tertiary/aromatic N) is 1. The highest BCUT2D eigenvalue weighted by atomic mass is 35.5. The van der Waals surface area contributed by atoms with Crippen LogP contribution in [0.25, 0.3) is 10.2 Å². The minimum Gasteiger partial charge on any atom is -0.321 e. The van der Waals surface area contributed by atoms with Gasteiger partial charge in [0.25, 0.3) is 5.91 Å². The van der Waals surface area contributed by atoms with E-state index < -0.39 is 0 Å². The number of pyridine rings is 1. The summed E-state index contributed by atoms with van der Waals surface area (Å²) >= 11 is 7.58. The monoisotopic (exact) mass is 316 g/mol. The SMILES string of the molecule is Cc1cc(C)c2c(NC(=O)c3ccccc3Cl)csc2n1. The van der Waals surface area contributed by atoms with Crippen LogP contribution in [0.1, 0.15) is 21.6 Å². The van der Waals surface area contributed by atoms with Gasteiger partial charge in [-0.05, 0) is 37.6 Å². The molecule has 2 heterocycles. The van der Waals surface area contributed by atoms with Crippen LogP contribution in [0, 0.1) is 13.8 Å². The van der Waals surface area contributed by atoms with Gasteiger partial charge in [-0.25, -0.2) is 4.98 Å². The van der Waals surface area contributed by atoms with Crippen molar-refractivity contribution in [2.75, 3.05) is 5.32 Å². The van der Waals surface area contributed by atoms with Crippen molar-refractivity contribution in [2.24, 2.45) is 0 Å². The largest absolute Gasteiger partial charge is 0.321 e. The molecule has 1 aromatic carbocycles. The molecule has 1 amide bonds. The number of anilines is 1. The summed E-state index contributed by atoms with van der Waals surface area (Å²) in [4.78, 5) is 17.8. The van der Waals surface area contributed by atoms with Crippen LogP contribution in [-0.4, -0.2) is 10.9 Å². The maximum absolute atomic E-state index is 12.3. The summed E-state index contributed by atoms with van der Waals surface area (Å²) in [7, 11) is 0. The zero-order chi connectivity index (χ0) is 15.0. The number of aromatic nitrogens is 1. The van der Waals surface area contributed by atoms with Crippen LogP contribution in [0.4, 0.5) is 5.69 Å². The first-order valence-corrected chi connectivity index (χ1v) is 7.73. The number of amides is 1. The van der Waals surface area contributed by atoms with Gasteiger partial charge >= 0.3 is 0 Å². The Morgan fingerprint density at radius 2 is 2.05 bits per heavy atom. The van der Waals surface area contributed by atoms with Crippen molar-refractivity contribution in [3.63, 3.8) is 0 Å². The molecule has 0 fully saturated rings. The Hall–Kier alpha value is -1.91. The number of carbonyl (C=O) groups is 1. The van der Waals surface area contributed by atoms with E-state index in [0.717, 1.165) is 27.2 Å². The molecule has 106 valence electrons. The fraction of sp³-hybridized carbons (Fsp3) is 0.125. The average molecular weight is 317 g/mol. The van der Waals surface area contributed by atoms with Crippen molar-refractivity contribution in [3.05, 3.63) is 57.6 Å². The quantitative estimate of drug-likeness (QED) is 0.736. The number of rotatable bonds is 2. The molecule has 3 aromatic rings. The van der Waals surface area contributed by atoms with Crippen LogP contribution in [0.5, 0.6) is 0 Å². The molecule has 1 N–H and O–H groups in total. The summed E-state index contributed by atoms with van der Waals surface area (Å²) in [5.41, 5.74) is 3.33. The van der Waals surface area contributed by atoms with E-state index >= 15 is 0 Å². The second-order valence-corrected chi connectivity index (χ2v) is 6.11. The number of fused-ring (bicyclic) bond motifs is 1. The van der Waals surface area contributed by atoms with Crippen molar-refractivity contribution in [2.45, 2.75) is 13.8 Å². The predicted octanol–water partition coefficient (Wildman–Crippen LogP) is 4.82. The third-order valence-corrected chi connectivity index (χ3v) is 4.44. The Labute approximate surface area is 131 Å². The first-order valence-electron chi connectivity index (χ1n) is 6.47. The van der Waals surface area contributed by atoms with Crippen LogP contribution < -0.4 is 5.32 Å². The number of hydrogen-bond donors (Lipinski definition) is 1. The zero-order valence-corrected chi connectivity index (χ0v) is 13.2. The van der Waals surface area contributed by atoms with Gasteiger partial charge in [-0.3, -0.25) is 4.79 Å². The third-order valence-electron chi connectivity index (χ3n) is 3.24. The van der Waals surface area contributed by atoms with Crippen molar-refractivity contribution in [1.82, 2.24) is 4.98 Å². The van der Waals surface area contributed by atoms with Gasteiger partial charge in [0.2, 0.25) is 0 Å². The van der Waals surface area contributed by atoms with Crippen molar-refractivity contribution in [1.29, 1.82) is 0 Å². The van der Waals surface area contributed by atoms with Gasteiger partial charge in [-0.2, -0.15) is 0 Å². The molecule has 2 aromatic heterocycles. The molecule has 5 heteroatoms. The minimum absolute atomic E-state index is 0.208. The fourth-order valence-corrected chi connectivity index (χ4v) is 3.53. The molecule has 0 saturated heterocycles. The molecule has 3 rings (SSSR count). The van der Waals surface area contributed by atoms with E-state index in [2.05, 4.69) is 10.3 Å². The number of benzene rings is 1. The Morgan fingerprint density at radius 1 is 1.29 bits per heavy atom. The molecular formula is C16H13ClN2OS. The summed E-state index contributed by atoms with van der Waals surface area (Å²) < 4.78 is 0. The topological polar surface area (TPSA) is 42.0 Å². The molecule has 0 radical (unpaired) electrons. The van der Waals surface area contributed by atoms with Gasteiger partial charge in [0.1, 0.15) is 4.83 Å². The normalized spacial score (nSPS) is 10.8. The predicted molar refractivity (Wildman–Crippen MR) is 88.5 cm³/mol. The first kappa shape index (κ1) is 14.0. The lowest BCUT2D eigenvalue weighted by molar-refractivity contribution is 0.102. The highest BCUT2D eigenvalue weighted by Gasteiger charge is 2.14. The van der Waals surface area contributed by atoms with Crippen molar-refractivity contribution in [3.8, 4) is 0 Å². The minimum atomic E-state index is -0.208. The Balaban J connectivity index is 1.99. The van der Waals surface area contributed by atoms with Crippen LogP contribution in [-0.2, 0) is 0 Å². The molecular weight excluding hydrogens is 304 g/mol. The van der Waals surface area contributed by atoms with Gasteiger partial charge < -0.3 is 5.32 Å². The van der Waals surface area contributed by atoms with Gasteiger partial charge in [0.05, 0.1) is 16.3 Å². The average Bonchev–Trinajstić information content (AvgIpc) is 2.82. The smallest absolute Gasteiger partial charge is 0.257 e. The lowest BCUT2D eigenvalue weighted by Gasteiger charge is -2.07. The lowest BCUT2D eigenvalue weighted by atomic mass is 10.1. The van der Waals surface area contributed by atoms with Gasteiger partial charge in [0.15, 0.2) is 0 Å². The van der Waals surface area contributed by atoms with E-state index in [4.69, 9.17) is 11.6 Å². The number of thiophene rings is 1. The molecule has 0 atom stereocenters. The molecule has 0 unspecified atom stereocenters. The second-order valence-electron chi connectivity index (χ2n) is 4.84. The van der Waals surface area contributed by atoms with Gasteiger partial charge in [-0.15, -0.1) is 11.3 Å². The fourth-order valence-electron chi connectivity index (χ4n) is 2.32. The number of aryl methyl sites for hydroxylation is 2. The van der Waals surface area contributed by atoms with E-state index in [1.807, 2.05) is 25.3 Å². The standard InChI is InChI=1S/C16H13ClN2OS/c1-9-7-10(2)18-16-14(9)13(8-21-16)19-15(20)11-5-3-4-6-12(11)17/h3-8H,1-2H3,(H,19,20). The van der Waals surface area contributed by atoms with E-state index in [-0.39, 0.29) is 5.91 Å². The highest BCUT2D eigenvalue weighted by molar-refractivity contribution is 7.17. The molecule has 0 aliphatic carbocycles. The van der Waals surface area contributed by atoms with Crippen LogP contribution in [0.2, 0.25) is 5.02 Å². The first-order chi connectivity index (χ1) is 10.1. The van der Waals surface area contributed by atoms with Crippen molar-refractivity contribution < 1.29 is 4.79 Å². The molecule has 0 saturated carbocycles. The van der Waals surface area contributed by atoms with Crippen LogP contribution in [0.15, 0.2) is 35.7 Å². The molecule has 0 aliphatic heterocycles. The highest BCUT2D eigenvalue weighted by Crippen LogP contribution is 2.32. The maximum atomic E-state index is 12.3. The van der Waals surface area contributed by atoms with Gasteiger partial charge in [0, 0.05) is 16.5 Å². The van der Waals surface area contributed by atoms with E-state index in [9.17, 15) is 4.79 Å². The van der Waals surface area contributed by atoms with Crippen LogP contribution in [0.3, 0.4) is 0 Å². The number of halogens is 1. The second kappa shape index (κ2) is 5.47. The lowest BCUT2D eigenvalue weighted by Crippen LogP contribution is -2.12. The Kier molecular flexibility index (Phi) is 3.66. The Morgan fingerprint density at radius 3 is 2.81 bits per heavy atom. The van der Waals surface area contributed by atoms with E-state index in [0.29, 0.717) is 10.6 Å². The number of carbonyl (C=O) groups excluding carboxylic acids is 1. The van der Waals surface area contributed by atoms with E-state index in [1.165, 1.54) is 11.3 Å². The molecule has 0 spiro atoms. The molecule has 21 heavy (non-hydrogen) atoms. The zero-order valence-electron chi connectivity index (χ0n) is 11.6. The number of nitrogens with one attached hydrogen (secondary N) is 1. The summed E-state index contributed by atoms with van der Waals surface area (Å²) in [6, 6.07) is 9.03. The summed E-state index contributed by atoms with van der Waals surface area (Å²) in [6.07, 6.45) is 0. The molecule has 0 aliphatic rings. The van der Waals surface area contributed by atoms with Crippen molar-refractivity contribution >= 4 is 44.7 Å². The molecule has 0 bridgehead atoms. The summed E-state index contributed by atoms with van der Waals surface area (Å²) in [6.45, 7) is 3.99.